The number of nitrogens with zero attached hydrogens (tertiary/aromatic N) is 11. The maximum Gasteiger partial charge on any atom is 0.280 e. The van der Waals surface area contributed by atoms with Crippen molar-refractivity contribution in [2.24, 2.45) is 23.7 Å². The monoisotopic (exact) mass is 1450 g/mol. The van der Waals surface area contributed by atoms with E-state index in [-0.39, 0.29) is 138 Å². The second-order valence-corrected chi connectivity index (χ2v) is 43.1. The summed E-state index contributed by atoms with van der Waals surface area (Å²) in [5, 5.41) is 32.9. The molecule has 556 valence electrons. The third kappa shape index (κ3) is 22.5. The number of rotatable bonds is 29. The second-order valence-electron chi connectivity index (χ2n) is 30.5. The fourth-order valence-corrected chi connectivity index (χ4v) is 17.3. The lowest BCUT2D eigenvalue weighted by Crippen LogP contribution is -2.47. The van der Waals surface area contributed by atoms with Crippen LogP contribution in [0.4, 0.5) is 11.9 Å². The lowest BCUT2D eigenvalue weighted by Gasteiger charge is -2.45. The summed E-state index contributed by atoms with van der Waals surface area (Å²) in [6.45, 7) is 59.8. The van der Waals surface area contributed by atoms with Crippen molar-refractivity contribution < 1.29 is 46.6 Å². The van der Waals surface area contributed by atoms with Crippen LogP contribution in [0.1, 0.15) is 199 Å². The number of aliphatic hydroxyl groups is 1. The Morgan fingerprint density at radius 2 is 0.959 bits per heavy atom. The van der Waals surface area contributed by atoms with E-state index in [4.69, 9.17) is 42.4 Å². The van der Waals surface area contributed by atoms with Crippen LogP contribution in [0.5, 0.6) is 0 Å². The molecule has 9 atom stereocenters. The molecular weight excluding hydrogens is 1320 g/mol. The Morgan fingerprint density at radius 1 is 0.612 bits per heavy atom. The molecule has 0 bridgehead atoms. The molecule has 0 radical (unpaired) electrons. The van der Waals surface area contributed by atoms with Crippen LogP contribution in [0.15, 0.2) is 22.2 Å². The third-order valence-corrected chi connectivity index (χ3v) is 32.0. The zero-order valence-electron chi connectivity index (χ0n) is 63.4. The normalized spacial score (nSPS) is 20.6. The molecule has 6 heterocycles. The van der Waals surface area contributed by atoms with Crippen molar-refractivity contribution in [3.63, 3.8) is 0 Å². The van der Waals surface area contributed by atoms with Gasteiger partial charge < -0.3 is 37.0 Å². The number of anilines is 2. The van der Waals surface area contributed by atoms with Gasteiger partial charge in [0.05, 0.1) is 88.5 Å². The molecule has 4 aromatic heterocycles. The first-order chi connectivity index (χ1) is 44.9. The van der Waals surface area contributed by atoms with Gasteiger partial charge in [0.15, 0.2) is 59.9 Å². The van der Waals surface area contributed by atoms with E-state index in [1.807, 2.05) is 6.92 Å². The topological polar surface area (TPSA) is 327 Å². The number of aromatic amines is 2. The minimum atomic E-state index is -2.29. The fraction of sp³-hybridized carbons (Fsp3) is 0.791. The van der Waals surface area contributed by atoms with E-state index < -0.39 is 69.4 Å². The van der Waals surface area contributed by atoms with Crippen LogP contribution in [0.3, 0.4) is 0 Å². The Bertz CT molecular complexity index is 3330. The average molecular weight is 1450 g/mol. The number of hydrogen-bond acceptors (Lipinski definition) is 21. The van der Waals surface area contributed by atoms with Gasteiger partial charge in [0, 0.05) is 59.9 Å². The summed E-state index contributed by atoms with van der Waals surface area (Å²) >= 11 is 0. The molecule has 98 heavy (non-hydrogen) atoms. The summed E-state index contributed by atoms with van der Waals surface area (Å²) in [6.07, 6.45) is 0.922. The van der Waals surface area contributed by atoms with Crippen molar-refractivity contribution in [3.8, 4) is 12.1 Å². The number of aliphatic hydroxyl groups excluding tert-OH is 1. The van der Waals surface area contributed by atoms with E-state index >= 15 is 0 Å². The summed E-state index contributed by atoms with van der Waals surface area (Å²) in [5.41, 5.74) is -0.0748. The number of imidazole rings is 2. The quantitative estimate of drug-likeness (QED) is 0.0191. The van der Waals surface area contributed by atoms with E-state index in [0.717, 1.165) is 0 Å². The fourth-order valence-electron chi connectivity index (χ4n) is 10.6. The first-order valence-corrected chi connectivity index (χ1v) is 42.4. The Hall–Kier alpha value is -4.53. The van der Waals surface area contributed by atoms with E-state index in [1.54, 1.807) is 43.2 Å². The maximum atomic E-state index is 13.0. The highest BCUT2D eigenvalue weighted by atomic mass is 31.2. The van der Waals surface area contributed by atoms with Crippen molar-refractivity contribution in [2.45, 2.75) is 296 Å². The van der Waals surface area contributed by atoms with E-state index in [1.165, 1.54) is 6.33 Å². The zero-order chi connectivity index (χ0) is 73.7. The van der Waals surface area contributed by atoms with Crippen molar-refractivity contribution in [2.75, 3.05) is 37.1 Å². The number of carbonyl (C=O) groups excluding carboxylic acids is 2. The van der Waals surface area contributed by atoms with Crippen LogP contribution in [0.25, 0.3) is 22.3 Å². The molecule has 4 aromatic rings. The predicted octanol–water partition coefficient (Wildman–Crippen LogP) is 13.6. The minimum absolute atomic E-state index is 0. The predicted molar refractivity (Wildman–Crippen MR) is 396 cm³/mol. The largest absolute Gasteiger partial charge is 0.409 e. The highest BCUT2D eigenvalue weighted by molar-refractivity contribution is 7.47. The molecule has 2 aliphatic heterocycles. The number of fused-ring (bicyclic) bond motifs is 2. The molecule has 2 amide bonds. The molecule has 0 aliphatic carbocycles. The van der Waals surface area contributed by atoms with Gasteiger partial charge in [-0.1, -0.05) is 90.5 Å². The SMILES string of the molecule is C.CC(C)C(=O)Nc1nc2c(ncn2[C@@H]2O[C@H](CO)[C@@H](C)[C@H]2O[Si](C)(C)C(C)(C)C)c(=O)[nH]1.CC(C)C(=O)Nc1nc2c(ncn2[C@@H]2O[C@H](COP(OCCC#N)N(C(C)C)C(C)C)[C@@H](C)[C@H]2O[Si](C)(C)C(C)(C)C)c(=O)[nH]1.CC(C)N(C(C)C)P(OCCC#N)N(C(C)C)C(C)C. The van der Waals surface area contributed by atoms with Crippen molar-refractivity contribution in [1.82, 2.24) is 53.0 Å². The van der Waals surface area contributed by atoms with Gasteiger partial charge in [-0.2, -0.15) is 20.5 Å². The first-order valence-electron chi connectivity index (χ1n) is 34.3. The summed E-state index contributed by atoms with van der Waals surface area (Å²) in [5.74, 6) is -1.19. The van der Waals surface area contributed by atoms with Gasteiger partial charge in [0.2, 0.25) is 23.7 Å². The molecule has 0 saturated carbocycles. The minimum Gasteiger partial charge on any atom is -0.409 e. The lowest BCUT2D eigenvalue weighted by atomic mass is 10.0. The molecule has 6 rings (SSSR count). The average Bonchev–Trinajstić information content (AvgIpc) is 1.60. The third-order valence-electron chi connectivity index (χ3n) is 17.9. The zero-order valence-corrected chi connectivity index (χ0v) is 67.2. The molecule has 0 spiro atoms. The molecule has 2 fully saturated rings. The standard InChI is InChI=1S/C30H52N7O6PSi.C21H35N5O5Si.C15H32N3OP.CH4/c1-18(2)26(38)34-29-33-25-23(27(39)35-29)32-17-36(25)28-24(43-45(11,12)30(8,9)10)21(7)22(42-28)16-41-44(40-15-13-14-31)37(19(3)4)20(5)6;1-11(2)17(28)24-20-23-16-14(18(29)25-20)22-10-26(16)19-15(12(3)13(9-27)30-19)31-32(7,8)21(4,5)6;1-12(2)17(13(3)4)20(19-11-9-10-16)18(14(5)6)15(7)8;/h17-22,24,28H,13,15-16H2,1-12H3,(H2,33,34,35,38,39);10-13,15,19,27H,9H2,1-8H3,(H2,23,24,25,28,29);12-15H,9,11H2,1-8H3;1H4/t21-,22-,24-,28-,44?;12-,13-,15-,19-;;/m11../s1. The number of ether oxygens (including phenoxy) is 2. The molecule has 27 nitrogen and oxygen atoms in total. The summed E-state index contributed by atoms with van der Waals surface area (Å²) in [4.78, 5) is 72.8. The number of nitriles is 2. The smallest absolute Gasteiger partial charge is 0.280 e. The van der Waals surface area contributed by atoms with Crippen LogP contribution < -0.4 is 21.8 Å². The summed E-state index contributed by atoms with van der Waals surface area (Å²) in [7, 11) is -6.77. The maximum absolute atomic E-state index is 13.0. The van der Waals surface area contributed by atoms with Crippen LogP contribution in [-0.4, -0.2) is 174 Å². The van der Waals surface area contributed by atoms with Gasteiger partial charge in [0.25, 0.3) is 19.6 Å². The van der Waals surface area contributed by atoms with Gasteiger partial charge in [0.1, 0.15) is 0 Å². The van der Waals surface area contributed by atoms with Crippen molar-refractivity contribution in [1.29, 1.82) is 10.5 Å². The van der Waals surface area contributed by atoms with Crippen molar-refractivity contribution in [3.05, 3.63) is 33.4 Å². The molecule has 1 unspecified atom stereocenters. The Morgan fingerprint density at radius 3 is 1.29 bits per heavy atom. The first kappa shape index (κ1) is 87.7. The van der Waals surface area contributed by atoms with Gasteiger partial charge in [-0.15, -0.1) is 0 Å². The Balaban J connectivity index is 0.000000411. The summed E-state index contributed by atoms with van der Waals surface area (Å²) < 4.78 is 55.8. The van der Waals surface area contributed by atoms with Gasteiger partial charge in [-0.25, -0.2) is 24.0 Å². The number of carbonyl (C=O) groups is 2. The molecule has 5 N–H and O–H groups in total. The number of nitrogens with one attached hydrogen (secondary N) is 4. The highest BCUT2D eigenvalue weighted by Crippen LogP contribution is 2.52. The van der Waals surface area contributed by atoms with E-state index in [0.29, 0.717) is 37.2 Å². The number of H-pyrrole nitrogens is 2. The van der Waals surface area contributed by atoms with Crippen LogP contribution in [0.2, 0.25) is 36.3 Å². The molecule has 2 saturated heterocycles. The number of hydrogen-bond donors (Lipinski definition) is 5. The Labute approximate surface area is 589 Å². The van der Waals surface area contributed by atoms with Gasteiger partial charge >= 0.3 is 0 Å². The molecule has 0 aromatic carbocycles. The highest BCUT2D eigenvalue weighted by Gasteiger charge is 2.52. The van der Waals surface area contributed by atoms with Crippen LogP contribution in [-0.2, 0) is 41.5 Å². The number of aromatic nitrogens is 8. The van der Waals surface area contributed by atoms with Gasteiger partial charge in [-0.05, 0) is 119 Å². The molecule has 2 aliphatic rings. The summed E-state index contributed by atoms with van der Waals surface area (Å²) in [6, 6.07) is 6.30. The van der Waals surface area contributed by atoms with E-state index in [2.05, 4.69) is 224 Å². The molecular formula is C67H123N15O12P2Si2. The van der Waals surface area contributed by atoms with Crippen LogP contribution >= 0.6 is 17.0 Å². The molecule has 31 heteroatoms. The second kappa shape index (κ2) is 37.6. The number of amides is 2. The van der Waals surface area contributed by atoms with Gasteiger partial charge in [-0.3, -0.25) is 48.9 Å². The van der Waals surface area contributed by atoms with Crippen molar-refractivity contribution >= 4 is 79.6 Å². The van der Waals surface area contributed by atoms with Crippen LogP contribution in [0, 0.1) is 46.3 Å². The van der Waals surface area contributed by atoms with E-state index in [9.17, 15) is 24.3 Å². The lowest BCUT2D eigenvalue weighted by molar-refractivity contribution is -0.119. The Kier molecular flexibility index (Phi) is 33.6.